The summed E-state index contributed by atoms with van der Waals surface area (Å²) in [5, 5.41) is 0. The maximum atomic E-state index is 5.37. The number of alkyl halides is 2. The van der Waals surface area contributed by atoms with Gasteiger partial charge in [-0.15, -0.1) is 48.0 Å². The van der Waals surface area contributed by atoms with E-state index in [1.165, 1.54) is 0 Å². The summed E-state index contributed by atoms with van der Waals surface area (Å²) in [4.78, 5) is 0. The molecule has 0 spiro atoms. The fourth-order valence-corrected chi connectivity index (χ4v) is 0. The predicted molar refractivity (Wildman–Crippen MR) is 73.5 cm³/mol. The molecular weight excluding hydrogens is 276 g/mol. The van der Waals surface area contributed by atoms with Crippen molar-refractivity contribution in [3.63, 3.8) is 0 Å². The van der Waals surface area contributed by atoms with E-state index in [1.807, 2.05) is 0 Å². The van der Waals surface area contributed by atoms with Crippen LogP contribution in [0.4, 0.5) is 0 Å². The molecule has 0 unspecified atom stereocenters. The van der Waals surface area contributed by atoms with E-state index < -0.39 is 0 Å². The lowest BCUT2D eigenvalue weighted by atomic mass is 11.8. The van der Waals surface area contributed by atoms with E-state index in [1.54, 1.807) is 0 Å². The third-order valence-electron chi connectivity index (χ3n) is 0.478. The van der Waals surface area contributed by atoms with Gasteiger partial charge in [-0.1, -0.05) is 15.8 Å². The minimum Gasteiger partial charge on any atom is -0.147 e. The second-order valence-electron chi connectivity index (χ2n) is 2.40. The van der Waals surface area contributed by atoms with Crippen molar-refractivity contribution < 1.29 is 0 Å². The summed E-state index contributed by atoms with van der Waals surface area (Å²) >= 11 is 10.7. The van der Waals surface area contributed by atoms with Gasteiger partial charge in [-0.2, -0.15) is 0 Å². The van der Waals surface area contributed by atoms with E-state index in [-0.39, 0.29) is 40.7 Å². The monoisotopic (exact) mass is 292 g/mol. The molecule has 0 aromatic rings. The zero-order valence-electron chi connectivity index (χ0n) is 7.88. The Morgan fingerprint density at radius 3 is 0.833 bits per heavy atom. The van der Waals surface area contributed by atoms with Crippen LogP contribution in [0.25, 0.3) is 0 Å². The van der Waals surface area contributed by atoms with Crippen molar-refractivity contribution in [3.8, 4) is 0 Å². The molecule has 0 atom stereocenters. The molecule has 0 N–H and O–H groups in total. The first-order valence-electron chi connectivity index (χ1n) is 2.96. The van der Waals surface area contributed by atoms with E-state index >= 15 is 0 Å². The van der Waals surface area contributed by atoms with Gasteiger partial charge in [0.1, 0.15) is 0 Å². The van der Waals surface area contributed by atoms with Gasteiger partial charge in [0, 0.05) is 11.2 Å². The van der Waals surface area contributed by atoms with Crippen LogP contribution in [0.1, 0.15) is 0 Å². The average Bonchev–Trinajstić information content (AvgIpc) is 1.89. The second-order valence-corrected chi connectivity index (χ2v) is 8.63. The number of rotatable bonds is 2. The van der Waals surface area contributed by atoms with Gasteiger partial charge in [-0.05, 0) is 26.7 Å². The van der Waals surface area contributed by atoms with Crippen molar-refractivity contribution in [1.29, 1.82) is 0 Å². The van der Waals surface area contributed by atoms with Gasteiger partial charge < -0.3 is 0 Å². The summed E-state index contributed by atoms with van der Waals surface area (Å²) in [5.74, 6) is 0. The Balaban J connectivity index is -0.0000000457. The summed E-state index contributed by atoms with van der Waals surface area (Å²) in [7, 11) is 0.334. The van der Waals surface area contributed by atoms with Crippen LogP contribution in [0.15, 0.2) is 0 Å². The maximum absolute atomic E-state index is 5.37. The van der Waals surface area contributed by atoms with Crippen molar-refractivity contribution >= 4 is 63.9 Å². The van der Waals surface area contributed by atoms with E-state index in [0.717, 1.165) is 11.2 Å². The van der Waals surface area contributed by atoms with Crippen LogP contribution in [0, 0.1) is 0 Å². The molecule has 0 amide bonds. The van der Waals surface area contributed by atoms with Crippen LogP contribution < -0.4 is 0 Å². The summed E-state index contributed by atoms with van der Waals surface area (Å²) in [6.45, 7) is 8.62. The van der Waals surface area contributed by atoms with E-state index in [9.17, 15) is 0 Å². The van der Waals surface area contributed by atoms with Gasteiger partial charge in [-0.3, -0.25) is 0 Å². The average molecular weight is 294 g/mol. The molecule has 0 aliphatic rings. The molecule has 0 saturated heterocycles. The fourth-order valence-electron chi connectivity index (χ4n) is 0. The van der Waals surface area contributed by atoms with Crippen LogP contribution in [0.5, 0.6) is 0 Å². The number of hydrogen-bond donors (Lipinski definition) is 0. The van der Waals surface area contributed by atoms with Gasteiger partial charge in [0.25, 0.3) is 0 Å². The molecule has 0 nitrogen and oxygen atoms in total. The van der Waals surface area contributed by atoms with Crippen LogP contribution in [-0.2, 0) is 0 Å². The molecule has 80 valence electrons. The largest absolute Gasteiger partial charge is 0.147 e. The molecule has 0 aromatic carbocycles. The third-order valence-corrected chi connectivity index (χ3v) is 4.30. The molecule has 0 aliphatic carbocycles. The van der Waals surface area contributed by atoms with Crippen molar-refractivity contribution in [3.05, 3.63) is 0 Å². The van der Waals surface area contributed by atoms with Gasteiger partial charge in [0.2, 0.25) is 0 Å². The minimum atomic E-state index is 0. The molecule has 0 saturated carbocycles. The quantitative estimate of drug-likeness (QED) is 0.512. The van der Waals surface area contributed by atoms with E-state index in [2.05, 4.69) is 26.7 Å². The summed E-state index contributed by atoms with van der Waals surface area (Å²) in [5.41, 5.74) is 1.69. The smallest absolute Gasteiger partial charge is 0.0418 e. The highest BCUT2D eigenvalue weighted by molar-refractivity contribution is 7.57. The Bertz CT molecular complexity index is 53.5. The lowest BCUT2D eigenvalue weighted by Crippen LogP contribution is -1.60. The van der Waals surface area contributed by atoms with Crippen LogP contribution >= 0.6 is 63.9 Å². The molecule has 0 aliphatic heterocycles. The number of hydrogen-bond acceptors (Lipinski definition) is 0. The van der Waals surface area contributed by atoms with Crippen LogP contribution in [0.3, 0.4) is 0 Å². The zero-order chi connectivity index (χ0) is 8.57. The molecule has 0 bridgehead atoms. The second kappa shape index (κ2) is 18.7. The van der Waals surface area contributed by atoms with Gasteiger partial charge in [-0.25, -0.2) is 0 Å². The van der Waals surface area contributed by atoms with Crippen LogP contribution in [0.2, 0.25) is 0 Å². The first kappa shape index (κ1) is 23.7. The lowest BCUT2D eigenvalue weighted by Gasteiger charge is -1.90. The van der Waals surface area contributed by atoms with Gasteiger partial charge in [0.15, 0.2) is 0 Å². The highest BCUT2D eigenvalue weighted by Crippen LogP contribution is 2.24. The molecule has 12 heavy (non-hydrogen) atoms. The van der Waals surface area contributed by atoms with Crippen molar-refractivity contribution in [2.24, 2.45) is 0 Å². The van der Waals surface area contributed by atoms with Crippen molar-refractivity contribution in [2.45, 2.75) is 0 Å². The highest BCUT2D eigenvalue weighted by Gasteiger charge is 1.80. The SMILES string of the molecule is CP(C)CCl.CP(C)CCl.Cl.Cl. The van der Waals surface area contributed by atoms with E-state index in [0.29, 0.717) is 0 Å². The Morgan fingerprint density at radius 2 is 0.833 bits per heavy atom. The van der Waals surface area contributed by atoms with Gasteiger partial charge >= 0.3 is 0 Å². The van der Waals surface area contributed by atoms with E-state index in [4.69, 9.17) is 23.2 Å². The maximum Gasteiger partial charge on any atom is 0.0418 e. The Kier molecular flexibility index (Phi) is 37.0. The first-order chi connectivity index (χ1) is 4.54. The molecule has 0 aromatic heterocycles. The first-order valence-corrected chi connectivity index (χ1v) is 8.87. The molecule has 6 heteroatoms. The molecule has 0 fully saturated rings. The molecular formula is C6H18Cl4P2. The van der Waals surface area contributed by atoms with Crippen molar-refractivity contribution in [2.75, 3.05) is 37.9 Å². The van der Waals surface area contributed by atoms with Crippen molar-refractivity contribution in [1.82, 2.24) is 0 Å². The molecule has 0 heterocycles. The summed E-state index contributed by atoms with van der Waals surface area (Å²) in [6, 6.07) is 0. The standard InChI is InChI=1S/2C3H8ClP.2ClH/c2*1-5(2)3-4;;/h2*3H2,1-2H3;2*1H. The number of halogens is 4. The van der Waals surface area contributed by atoms with Crippen LogP contribution in [-0.4, -0.2) is 37.9 Å². The minimum absolute atomic E-state index is 0. The Morgan fingerprint density at radius 1 is 0.750 bits per heavy atom. The normalized spacial score (nSPS) is 8.00. The van der Waals surface area contributed by atoms with Gasteiger partial charge in [0.05, 0.1) is 0 Å². The molecule has 0 radical (unpaired) electrons. The summed E-state index contributed by atoms with van der Waals surface area (Å²) < 4.78 is 0. The lowest BCUT2D eigenvalue weighted by molar-refractivity contribution is 2.03. The molecule has 0 rings (SSSR count). The Hall–Kier alpha value is 2.02. The Labute approximate surface area is 101 Å². The topological polar surface area (TPSA) is 0 Å². The zero-order valence-corrected chi connectivity index (χ0v) is 12.8. The summed E-state index contributed by atoms with van der Waals surface area (Å²) in [6.07, 6.45) is 0. The fraction of sp³-hybridized carbons (Fsp3) is 1.00. The predicted octanol–water partition coefficient (Wildman–Crippen LogP) is 4.69. The third kappa shape index (κ3) is 40.3. The highest BCUT2D eigenvalue weighted by atomic mass is 35.5.